The lowest BCUT2D eigenvalue weighted by Crippen LogP contribution is -2.29. The minimum Gasteiger partial charge on any atom is -0.481 e. The highest BCUT2D eigenvalue weighted by molar-refractivity contribution is 5.70. The van der Waals surface area contributed by atoms with Crippen LogP contribution in [-0.2, 0) is 9.53 Å². The van der Waals surface area contributed by atoms with E-state index in [0.29, 0.717) is 6.61 Å². The van der Waals surface area contributed by atoms with Gasteiger partial charge in [-0.15, -0.1) is 0 Å². The number of carbonyl (C=O) groups is 1. The van der Waals surface area contributed by atoms with Crippen molar-refractivity contribution in [1.82, 2.24) is 0 Å². The molecule has 0 aliphatic heterocycles. The molecule has 0 spiro atoms. The molecule has 0 aliphatic carbocycles. The van der Waals surface area contributed by atoms with Gasteiger partial charge in [-0.25, -0.2) is 0 Å². The predicted octanol–water partition coefficient (Wildman–Crippen LogP) is 2.94. The van der Waals surface area contributed by atoms with Crippen LogP contribution in [0.25, 0.3) is 0 Å². The molecule has 0 aromatic heterocycles. The average Bonchev–Trinajstić information content (AvgIpc) is 2.08. The average molecular weight is 216 g/mol. The number of hydrogen-bond donors (Lipinski definition) is 1. The summed E-state index contributed by atoms with van der Waals surface area (Å²) in [4.78, 5) is 11.0. The van der Waals surface area contributed by atoms with E-state index in [9.17, 15) is 4.79 Å². The molecule has 0 saturated carbocycles. The number of carboxylic acid groups (broad SMARTS) is 1. The van der Waals surface area contributed by atoms with Crippen molar-refractivity contribution in [3.63, 3.8) is 0 Å². The van der Waals surface area contributed by atoms with Gasteiger partial charge in [0, 0.05) is 0 Å². The number of hydrogen-bond acceptors (Lipinski definition) is 2. The van der Waals surface area contributed by atoms with E-state index in [2.05, 4.69) is 0 Å². The van der Waals surface area contributed by atoms with Crippen LogP contribution < -0.4 is 0 Å². The van der Waals surface area contributed by atoms with E-state index in [1.165, 1.54) is 0 Å². The number of rotatable bonds is 6. The molecule has 3 nitrogen and oxygen atoms in total. The molecule has 2 unspecified atom stereocenters. The summed E-state index contributed by atoms with van der Waals surface area (Å²) in [5.41, 5.74) is -0.191. The molecule has 0 aromatic carbocycles. The van der Waals surface area contributed by atoms with Crippen LogP contribution in [0.3, 0.4) is 0 Å². The maximum atomic E-state index is 11.0. The van der Waals surface area contributed by atoms with Crippen LogP contribution in [-0.4, -0.2) is 23.3 Å². The Hall–Kier alpha value is -0.570. The molecule has 3 heteroatoms. The Kier molecular flexibility index (Phi) is 5.88. The fourth-order valence-electron chi connectivity index (χ4n) is 1.46. The zero-order valence-electron chi connectivity index (χ0n) is 10.5. The summed E-state index contributed by atoms with van der Waals surface area (Å²) < 4.78 is 5.61. The SMILES string of the molecule is CCCC(C(=O)O)C(C)COC(C)(C)C. The van der Waals surface area contributed by atoms with Gasteiger partial charge in [0.1, 0.15) is 0 Å². The van der Waals surface area contributed by atoms with Crippen LogP contribution in [0.4, 0.5) is 0 Å². The molecule has 0 heterocycles. The van der Waals surface area contributed by atoms with Gasteiger partial charge in [-0.05, 0) is 33.1 Å². The molecule has 2 atom stereocenters. The van der Waals surface area contributed by atoms with Crippen molar-refractivity contribution in [2.45, 2.75) is 53.1 Å². The lowest BCUT2D eigenvalue weighted by atomic mass is 9.90. The van der Waals surface area contributed by atoms with E-state index in [1.54, 1.807) is 0 Å². The molecular weight excluding hydrogens is 192 g/mol. The summed E-state index contributed by atoms with van der Waals surface area (Å²) in [5, 5.41) is 9.05. The molecule has 15 heavy (non-hydrogen) atoms. The maximum Gasteiger partial charge on any atom is 0.306 e. The van der Waals surface area contributed by atoms with E-state index in [1.807, 2.05) is 34.6 Å². The lowest BCUT2D eigenvalue weighted by Gasteiger charge is -2.25. The van der Waals surface area contributed by atoms with E-state index >= 15 is 0 Å². The third kappa shape index (κ3) is 6.50. The molecule has 90 valence electrons. The van der Waals surface area contributed by atoms with Crippen LogP contribution in [0.2, 0.25) is 0 Å². The smallest absolute Gasteiger partial charge is 0.306 e. The van der Waals surface area contributed by atoms with Crippen molar-refractivity contribution in [3.8, 4) is 0 Å². The van der Waals surface area contributed by atoms with Gasteiger partial charge in [0.2, 0.25) is 0 Å². The first-order valence-corrected chi connectivity index (χ1v) is 5.64. The highest BCUT2D eigenvalue weighted by atomic mass is 16.5. The van der Waals surface area contributed by atoms with E-state index in [4.69, 9.17) is 9.84 Å². The van der Waals surface area contributed by atoms with Crippen LogP contribution >= 0.6 is 0 Å². The van der Waals surface area contributed by atoms with Crippen molar-refractivity contribution in [2.75, 3.05) is 6.61 Å². The molecule has 0 saturated heterocycles. The molecule has 0 fully saturated rings. The molecule has 0 rings (SSSR count). The van der Waals surface area contributed by atoms with Crippen molar-refractivity contribution < 1.29 is 14.6 Å². The molecule has 0 aliphatic rings. The topological polar surface area (TPSA) is 46.5 Å². The van der Waals surface area contributed by atoms with Crippen molar-refractivity contribution in [3.05, 3.63) is 0 Å². The van der Waals surface area contributed by atoms with Crippen molar-refractivity contribution in [1.29, 1.82) is 0 Å². The number of aliphatic carboxylic acids is 1. The Morgan fingerprint density at radius 1 is 1.40 bits per heavy atom. The summed E-state index contributed by atoms with van der Waals surface area (Å²) >= 11 is 0. The first-order valence-electron chi connectivity index (χ1n) is 5.64. The second-order valence-electron chi connectivity index (χ2n) is 5.13. The third-order valence-corrected chi connectivity index (χ3v) is 2.38. The summed E-state index contributed by atoms with van der Waals surface area (Å²) in [6, 6.07) is 0. The quantitative estimate of drug-likeness (QED) is 0.742. The number of carboxylic acids is 1. The van der Waals surface area contributed by atoms with Gasteiger partial charge in [-0.1, -0.05) is 20.3 Å². The van der Waals surface area contributed by atoms with E-state index in [0.717, 1.165) is 12.8 Å². The molecule has 0 amide bonds. The Balaban J connectivity index is 4.14. The zero-order valence-corrected chi connectivity index (χ0v) is 10.5. The maximum absolute atomic E-state index is 11.0. The van der Waals surface area contributed by atoms with Gasteiger partial charge >= 0.3 is 5.97 Å². The minimum atomic E-state index is -0.707. The summed E-state index contributed by atoms with van der Waals surface area (Å²) in [7, 11) is 0. The van der Waals surface area contributed by atoms with Gasteiger partial charge < -0.3 is 9.84 Å². The summed E-state index contributed by atoms with van der Waals surface area (Å²) in [6.45, 7) is 10.4. The van der Waals surface area contributed by atoms with E-state index in [-0.39, 0.29) is 17.4 Å². The zero-order chi connectivity index (χ0) is 12.1. The highest BCUT2D eigenvalue weighted by Crippen LogP contribution is 2.20. The van der Waals surface area contributed by atoms with Gasteiger partial charge in [0.05, 0.1) is 18.1 Å². The first-order chi connectivity index (χ1) is 6.78. The molecular formula is C12H24O3. The van der Waals surface area contributed by atoms with E-state index < -0.39 is 5.97 Å². The Morgan fingerprint density at radius 3 is 2.27 bits per heavy atom. The van der Waals surface area contributed by atoms with Gasteiger partial charge in [-0.3, -0.25) is 4.79 Å². The van der Waals surface area contributed by atoms with Crippen molar-refractivity contribution >= 4 is 5.97 Å². The first kappa shape index (κ1) is 14.4. The molecule has 0 aromatic rings. The van der Waals surface area contributed by atoms with Gasteiger partial charge in [0.15, 0.2) is 0 Å². The lowest BCUT2D eigenvalue weighted by molar-refractivity contribution is -0.145. The normalized spacial score (nSPS) is 16.1. The standard InChI is InChI=1S/C12H24O3/c1-6-7-10(11(13)14)9(2)8-15-12(3,4)5/h9-10H,6-8H2,1-5H3,(H,13,14). The Labute approximate surface area is 92.8 Å². The fraction of sp³-hybridized carbons (Fsp3) is 0.917. The van der Waals surface area contributed by atoms with Crippen LogP contribution in [0.5, 0.6) is 0 Å². The second kappa shape index (κ2) is 6.11. The van der Waals surface area contributed by atoms with Gasteiger partial charge in [-0.2, -0.15) is 0 Å². The fourth-order valence-corrected chi connectivity index (χ4v) is 1.46. The summed E-state index contributed by atoms with van der Waals surface area (Å²) in [6.07, 6.45) is 1.63. The number of ether oxygens (including phenoxy) is 1. The van der Waals surface area contributed by atoms with Crippen LogP contribution in [0, 0.1) is 11.8 Å². The molecule has 0 bridgehead atoms. The summed E-state index contributed by atoms with van der Waals surface area (Å²) in [5.74, 6) is -0.916. The highest BCUT2D eigenvalue weighted by Gasteiger charge is 2.25. The van der Waals surface area contributed by atoms with Crippen molar-refractivity contribution in [2.24, 2.45) is 11.8 Å². The van der Waals surface area contributed by atoms with Crippen LogP contribution in [0.15, 0.2) is 0 Å². The Morgan fingerprint density at radius 2 is 1.93 bits per heavy atom. The molecule has 1 N–H and O–H groups in total. The van der Waals surface area contributed by atoms with Crippen LogP contribution in [0.1, 0.15) is 47.5 Å². The third-order valence-electron chi connectivity index (χ3n) is 2.38. The molecule has 0 radical (unpaired) electrons. The minimum absolute atomic E-state index is 0.0710. The Bertz CT molecular complexity index is 194. The van der Waals surface area contributed by atoms with Gasteiger partial charge in [0.25, 0.3) is 0 Å². The predicted molar refractivity (Wildman–Crippen MR) is 60.9 cm³/mol. The monoisotopic (exact) mass is 216 g/mol. The second-order valence-corrected chi connectivity index (χ2v) is 5.13. The largest absolute Gasteiger partial charge is 0.481 e.